The van der Waals surface area contributed by atoms with E-state index in [9.17, 15) is 0 Å². The number of nitrogens with one attached hydrogen (secondary N) is 1. The second kappa shape index (κ2) is 20.8. The van der Waals surface area contributed by atoms with Crippen molar-refractivity contribution in [3.05, 3.63) is 61.0 Å². The Balaban J connectivity index is -0.000000506. The summed E-state index contributed by atoms with van der Waals surface area (Å²) >= 11 is 0. The van der Waals surface area contributed by atoms with Gasteiger partial charge >= 0.3 is 0 Å². The van der Waals surface area contributed by atoms with Gasteiger partial charge in [0.1, 0.15) is 0 Å². The van der Waals surface area contributed by atoms with Gasteiger partial charge in [-0.3, -0.25) is 0 Å². The van der Waals surface area contributed by atoms with Gasteiger partial charge in [-0.1, -0.05) is 71.2 Å². The van der Waals surface area contributed by atoms with E-state index in [1.807, 2.05) is 59.0 Å². The Morgan fingerprint density at radius 3 is 2.06 bits per heavy atom. The number of nitrogens with two attached hydrogens (primary N) is 1. The molecule has 2 nitrogen and oxygen atoms in total. The molecule has 0 atom stereocenters. The van der Waals surface area contributed by atoms with Crippen LogP contribution in [0.3, 0.4) is 0 Å². The van der Waals surface area contributed by atoms with Gasteiger partial charge in [-0.25, -0.2) is 0 Å². The van der Waals surface area contributed by atoms with Crippen LogP contribution in [-0.2, 0) is 0 Å². The van der Waals surface area contributed by atoms with Gasteiger partial charge in [0, 0.05) is 12.2 Å². The molecule has 0 aromatic carbocycles. The summed E-state index contributed by atoms with van der Waals surface area (Å²) in [5.41, 5.74) is 7.32. The SMILES string of the molecule is C=C/C=C(C=C)\C(=C/C)N/C=C\CN.CC.CC. The summed E-state index contributed by atoms with van der Waals surface area (Å²) < 4.78 is 0. The van der Waals surface area contributed by atoms with Gasteiger partial charge in [0.2, 0.25) is 0 Å². The van der Waals surface area contributed by atoms with E-state index in [4.69, 9.17) is 5.73 Å². The van der Waals surface area contributed by atoms with Crippen molar-refractivity contribution in [2.75, 3.05) is 6.54 Å². The summed E-state index contributed by atoms with van der Waals surface area (Å²) in [5, 5.41) is 3.12. The molecule has 0 radical (unpaired) electrons. The summed E-state index contributed by atoms with van der Waals surface area (Å²) in [6, 6.07) is 0. The van der Waals surface area contributed by atoms with Crippen LogP contribution in [0.15, 0.2) is 61.0 Å². The average Bonchev–Trinajstić information content (AvgIpc) is 2.46. The van der Waals surface area contributed by atoms with E-state index in [0.717, 1.165) is 11.3 Å². The predicted octanol–water partition coefficient (Wildman–Crippen LogP) is 4.30. The Labute approximate surface area is 114 Å². The van der Waals surface area contributed by atoms with Crippen molar-refractivity contribution in [3.63, 3.8) is 0 Å². The van der Waals surface area contributed by atoms with E-state index >= 15 is 0 Å². The molecule has 0 heterocycles. The second-order valence-corrected chi connectivity index (χ2v) is 2.55. The molecular weight excluding hydrogens is 220 g/mol. The van der Waals surface area contributed by atoms with Crippen LogP contribution in [0.1, 0.15) is 34.6 Å². The molecule has 2 heteroatoms. The first-order chi connectivity index (χ1) is 8.79. The van der Waals surface area contributed by atoms with Gasteiger partial charge in [0.15, 0.2) is 0 Å². The Morgan fingerprint density at radius 1 is 1.17 bits per heavy atom. The highest BCUT2D eigenvalue weighted by atomic mass is 14.8. The highest BCUT2D eigenvalue weighted by Gasteiger charge is 1.95. The first kappa shape index (κ1) is 21.7. The van der Waals surface area contributed by atoms with Crippen molar-refractivity contribution < 1.29 is 0 Å². The maximum Gasteiger partial charge on any atom is 0.0409 e. The summed E-state index contributed by atoms with van der Waals surface area (Å²) in [7, 11) is 0. The van der Waals surface area contributed by atoms with E-state index in [0.29, 0.717) is 6.54 Å². The van der Waals surface area contributed by atoms with E-state index in [1.165, 1.54) is 0 Å². The van der Waals surface area contributed by atoms with E-state index < -0.39 is 0 Å². The molecule has 0 fully saturated rings. The topological polar surface area (TPSA) is 38.0 Å². The molecule has 0 bridgehead atoms. The van der Waals surface area contributed by atoms with Gasteiger partial charge in [-0.05, 0) is 18.7 Å². The molecule has 0 aliphatic heterocycles. The highest BCUT2D eigenvalue weighted by molar-refractivity contribution is 5.40. The smallest absolute Gasteiger partial charge is 0.0409 e. The summed E-state index contributed by atoms with van der Waals surface area (Å²) in [5.74, 6) is 0. The molecule has 3 N–H and O–H groups in total. The zero-order valence-corrected chi connectivity index (χ0v) is 12.7. The van der Waals surface area contributed by atoms with Crippen molar-refractivity contribution in [2.24, 2.45) is 5.73 Å². The van der Waals surface area contributed by atoms with Crippen LogP contribution in [0.4, 0.5) is 0 Å². The van der Waals surface area contributed by atoms with Crippen LogP contribution in [0.25, 0.3) is 0 Å². The molecule has 0 saturated heterocycles. The molecular formula is C16H30N2. The maximum atomic E-state index is 5.33. The van der Waals surface area contributed by atoms with Crippen LogP contribution in [0.2, 0.25) is 0 Å². The Bertz CT molecular complexity index is 271. The van der Waals surface area contributed by atoms with Crippen molar-refractivity contribution in [3.8, 4) is 0 Å². The first-order valence-electron chi connectivity index (χ1n) is 6.53. The molecule has 0 saturated carbocycles. The van der Waals surface area contributed by atoms with Crippen LogP contribution < -0.4 is 11.1 Å². The minimum atomic E-state index is 0.526. The molecule has 0 spiro atoms. The second-order valence-electron chi connectivity index (χ2n) is 2.55. The van der Waals surface area contributed by atoms with E-state index in [-0.39, 0.29) is 0 Å². The third kappa shape index (κ3) is 12.5. The van der Waals surface area contributed by atoms with Gasteiger partial charge < -0.3 is 11.1 Å². The fourth-order valence-corrected chi connectivity index (χ4v) is 0.945. The lowest BCUT2D eigenvalue weighted by Crippen LogP contribution is -2.07. The van der Waals surface area contributed by atoms with Crippen LogP contribution in [-0.4, -0.2) is 6.54 Å². The Morgan fingerprint density at radius 2 is 1.72 bits per heavy atom. The minimum absolute atomic E-state index is 0.526. The third-order valence-electron chi connectivity index (χ3n) is 1.61. The van der Waals surface area contributed by atoms with Crippen LogP contribution in [0.5, 0.6) is 0 Å². The summed E-state index contributed by atoms with van der Waals surface area (Å²) in [4.78, 5) is 0. The first-order valence-corrected chi connectivity index (χ1v) is 6.53. The lowest BCUT2D eigenvalue weighted by atomic mass is 10.1. The number of allylic oxidation sites excluding steroid dienone is 4. The van der Waals surface area contributed by atoms with Crippen molar-refractivity contribution in [1.82, 2.24) is 5.32 Å². The Kier molecular flexibility index (Phi) is 25.1. The van der Waals surface area contributed by atoms with E-state index in [2.05, 4.69) is 18.5 Å². The van der Waals surface area contributed by atoms with Gasteiger partial charge in [0.05, 0.1) is 0 Å². The average molecular weight is 250 g/mol. The molecule has 0 aromatic heterocycles. The lowest BCUT2D eigenvalue weighted by molar-refractivity contribution is 1.06. The van der Waals surface area contributed by atoms with E-state index in [1.54, 1.807) is 12.2 Å². The normalized spacial score (nSPS) is 10.8. The van der Waals surface area contributed by atoms with Gasteiger partial charge in [-0.15, -0.1) is 0 Å². The van der Waals surface area contributed by atoms with Crippen molar-refractivity contribution >= 4 is 0 Å². The highest BCUT2D eigenvalue weighted by Crippen LogP contribution is 2.07. The molecule has 0 aromatic rings. The largest absolute Gasteiger partial charge is 0.362 e. The predicted molar refractivity (Wildman–Crippen MR) is 86.3 cm³/mol. The molecule has 0 rings (SSSR count). The molecule has 0 unspecified atom stereocenters. The minimum Gasteiger partial charge on any atom is -0.362 e. The molecule has 18 heavy (non-hydrogen) atoms. The van der Waals surface area contributed by atoms with Crippen LogP contribution >= 0.6 is 0 Å². The number of hydrogen-bond acceptors (Lipinski definition) is 2. The molecule has 104 valence electrons. The molecule has 0 aliphatic rings. The number of hydrogen-bond donors (Lipinski definition) is 2. The zero-order valence-electron chi connectivity index (χ0n) is 12.7. The molecule has 0 aliphatic carbocycles. The third-order valence-corrected chi connectivity index (χ3v) is 1.61. The fourth-order valence-electron chi connectivity index (χ4n) is 0.945. The Hall–Kier alpha value is -1.54. The quantitative estimate of drug-likeness (QED) is 0.690. The monoisotopic (exact) mass is 250 g/mol. The van der Waals surface area contributed by atoms with Gasteiger partial charge in [-0.2, -0.15) is 0 Å². The van der Waals surface area contributed by atoms with Gasteiger partial charge in [0.25, 0.3) is 0 Å². The molecule has 0 amide bonds. The van der Waals surface area contributed by atoms with Crippen LogP contribution in [0, 0.1) is 0 Å². The zero-order chi connectivity index (χ0) is 14.8. The standard InChI is InChI=1S/C12H18N2.2C2H6/c1-4-8-11(5-2)12(6-3)14-10-7-9-13;2*1-2/h4-8,10,14H,1-2,9,13H2,3H3;2*1-2H3/b10-7-,11-8-,12-6+;;. The number of rotatable bonds is 6. The summed E-state index contributed by atoms with van der Waals surface area (Å²) in [6.07, 6.45) is 11.0. The lowest BCUT2D eigenvalue weighted by Gasteiger charge is -2.06. The van der Waals surface area contributed by atoms with Crippen molar-refractivity contribution in [2.45, 2.75) is 34.6 Å². The maximum absolute atomic E-state index is 5.33. The fraction of sp³-hybridized carbons (Fsp3) is 0.375. The summed E-state index contributed by atoms with van der Waals surface area (Å²) in [6.45, 7) is 17.9. The van der Waals surface area contributed by atoms with Crippen molar-refractivity contribution in [1.29, 1.82) is 0 Å².